The Morgan fingerprint density at radius 3 is 2.29 bits per heavy atom. The molecule has 0 fully saturated rings. The Morgan fingerprint density at radius 2 is 1.86 bits per heavy atom. The van der Waals surface area contributed by atoms with Crippen LogP contribution in [0.3, 0.4) is 0 Å². The first-order valence-electron chi connectivity index (χ1n) is 5.01. The second-order valence-corrected chi connectivity index (χ2v) is 3.93. The van der Waals surface area contributed by atoms with E-state index in [9.17, 15) is 4.39 Å². The van der Waals surface area contributed by atoms with Gasteiger partial charge in [0.2, 0.25) is 0 Å². The SMILES string of the molecule is C=CCC(c1ccc(F)cc1)C(C)C. The van der Waals surface area contributed by atoms with Gasteiger partial charge in [-0.15, -0.1) is 6.58 Å². The van der Waals surface area contributed by atoms with Crippen LogP contribution in [0.25, 0.3) is 0 Å². The first kappa shape index (κ1) is 11.0. The molecule has 14 heavy (non-hydrogen) atoms. The molecule has 1 rings (SSSR count). The minimum absolute atomic E-state index is 0.171. The second-order valence-electron chi connectivity index (χ2n) is 3.93. The normalized spacial score (nSPS) is 12.9. The topological polar surface area (TPSA) is 0 Å². The highest BCUT2D eigenvalue weighted by Gasteiger charge is 2.13. The molecular weight excluding hydrogens is 175 g/mol. The van der Waals surface area contributed by atoms with Gasteiger partial charge in [0.05, 0.1) is 0 Å². The van der Waals surface area contributed by atoms with Crippen molar-refractivity contribution in [2.45, 2.75) is 26.2 Å². The fourth-order valence-corrected chi connectivity index (χ4v) is 1.68. The van der Waals surface area contributed by atoms with E-state index in [2.05, 4.69) is 20.4 Å². The largest absolute Gasteiger partial charge is 0.207 e. The zero-order valence-corrected chi connectivity index (χ0v) is 8.83. The number of benzene rings is 1. The average Bonchev–Trinajstić information content (AvgIpc) is 2.15. The van der Waals surface area contributed by atoms with E-state index < -0.39 is 0 Å². The van der Waals surface area contributed by atoms with Gasteiger partial charge in [0.15, 0.2) is 0 Å². The summed E-state index contributed by atoms with van der Waals surface area (Å²) in [6.07, 6.45) is 2.87. The van der Waals surface area contributed by atoms with E-state index in [0.717, 1.165) is 6.42 Å². The standard InChI is InChI=1S/C13H17F/c1-4-5-13(10(2)3)11-6-8-12(14)9-7-11/h4,6-10,13H,1,5H2,2-3H3. The van der Waals surface area contributed by atoms with Crippen LogP contribution < -0.4 is 0 Å². The lowest BCUT2D eigenvalue weighted by atomic mass is 9.86. The molecule has 1 unspecified atom stereocenters. The van der Waals surface area contributed by atoms with Gasteiger partial charge >= 0.3 is 0 Å². The molecule has 0 nitrogen and oxygen atoms in total. The van der Waals surface area contributed by atoms with Gasteiger partial charge in [0, 0.05) is 0 Å². The minimum atomic E-state index is -0.171. The number of rotatable bonds is 4. The van der Waals surface area contributed by atoms with Gasteiger partial charge in [-0.25, -0.2) is 4.39 Å². The second kappa shape index (κ2) is 4.94. The van der Waals surface area contributed by atoms with Gasteiger partial charge in [0.25, 0.3) is 0 Å². The highest BCUT2D eigenvalue weighted by molar-refractivity contribution is 5.21. The van der Waals surface area contributed by atoms with Crippen molar-refractivity contribution >= 4 is 0 Å². The maximum absolute atomic E-state index is 12.7. The summed E-state index contributed by atoms with van der Waals surface area (Å²) in [5.74, 6) is 0.835. The molecule has 0 aromatic heterocycles. The van der Waals surface area contributed by atoms with E-state index >= 15 is 0 Å². The molecule has 0 aliphatic carbocycles. The predicted octanol–water partition coefficient (Wildman–Crippen LogP) is 4.14. The van der Waals surface area contributed by atoms with Gasteiger partial charge in [0.1, 0.15) is 5.82 Å². The van der Waals surface area contributed by atoms with Gasteiger partial charge in [-0.05, 0) is 36.0 Å². The highest BCUT2D eigenvalue weighted by atomic mass is 19.1. The van der Waals surface area contributed by atoms with Crippen molar-refractivity contribution in [3.05, 3.63) is 48.3 Å². The summed E-state index contributed by atoms with van der Waals surface area (Å²) < 4.78 is 12.7. The highest BCUT2D eigenvalue weighted by Crippen LogP contribution is 2.28. The predicted molar refractivity (Wildman–Crippen MR) is 58.8 cm³/mol. The van der Waals surface area contributed by atoms with E-state index in [1.807, 2.05) is 18.2 Å². The molecular formula is C13H17F. The molecule has 1 atom stereocenters. The summed E-state index contributed by atoms with van der Waals surface area (Å²) in [6.45, 7) is 8.11. The number of allylic oxidation sites excluding steroid dienone is 1. The summed E-state index contributed by atoms with van der Waals surface area (Å²) in [5, 5.41) is 0. The fraction of sp³-hybridized carbons (Fsp3) is 0.385. The molecule has 1 aromatic carbocycles. The Hall–Kier alpha value is -1.11. The molecule has 0 amide bonds. The molecule has 1 heteroatoms. The minimum Gasteiger partial charge on any atom is -0.207 e. The van der Waals surface area contributed by atoms with Crippen LogP contribution in [0.4, 0.5) is 4.39 Å². The van der Waals surface area contributed by atoms with Crippen LogP contribution in [0.15, 0.2) is 36.9 Å². The zero-order chi connectivity index (χ0) is 10.6. The van der Waals surface area contributed by atoms with Gasteiger partial charge in [-0.1, -0.05) is 32.1 Å². The van der Waals surface area contributed by atoms with Gasteiger partial charge < -0.3 is 0 Å². The molecule has 76 valence electrons. The summed E-state index contributed by atoms with van der Waals surface area (Å²) in [5.41, 5.74) is 1.20. The van der Waals surface area contributed by atoms with Gasteiger partial charge in [-0.2, -0.15) is 0 Å². The van der Waals surface area contributed by atoms with Crippen molar-refractivity contribution in [1.29, 1.82) is 0 Å². The van der Waals surface area contributed by atoms with Crippen LogP contribution in [0.2, 0.25) is 0 Å². The quantitative estimate of drug-likeness (QED) is 0.629. The fourth-order valence-electron chi connectivity index (χ4n) is 1.68. The van der Waals surface area contributed by atoms with Crippen LogP contribution in [-0.2, 0) is 0 Å². The lowest BCUT2D eigenvalue weighted by molar-refractivity contribution is 0.501. The number of halogens is 1. The Morgan fingerprint density at radius 1 is 1.29 bits per heavy atom. The zero-order valence-electron chi connectivity index (χ0n) is 8.83. The third-order valence-electron chi connectivity index (χ3n) is 2.52. The molecule has 0 bridgehead atoms. The van der Waals surface area contributed by atoms with Crippen molar-refractivity contribution < 1.29 is 4.39 Å². The van der Waals surface area contributed by atoms with E-state index in [1.165, 1.54) is 17.7 Å². The van der Waals surface area contributed by atoms with Crippen LogP contribution in [0, 0.1) is 11.7 Å². The maximum atomic E-state index is 12.7. The van der Waals surface area contributed by atoms with Crippen molar-refractivity contribution in [2.75, 3.05) is 0 Å². The monoisotopic (exact) mass is 192 g/mol. The van der Waals surface area contributed by atoms with Crippen LogP contribution in [0.1, 0.15) is 31.7 Å². The van der Waals surface area contributed by atoms with Crippen LogP contribution in [-0.4, -0.2) is 0 Å². The maximum Gasteiger partial charge on any atom is 0.123 e. The molecule has 0 aliphatic heterocycles. The van der Waals surface area contributed by atoms with E-state index in [1.54, 1.807) is 0 Å². The molecule has 0 radical (unpaired) electrons. The van der Waals surface area contributed by atoms with E-state index in [-0.39, 0.29) is 5.82 Å². The summed E-state index contributed by atoms with van der Waals surface area (Å²) in [7, 11) is 0. The molecule has 0 heterocycles. The number of hydrogen-bond donors (Lipinski definition) is 0. The van der Waals surface area contributed by atoms with Crippen LogP contribution >= 0.6 is 0 Å². The smallest absolute Gasteiger partial charge is 0.123 e. The van der Waals surface area contributed by atoms with Crippen molar-refractivity contribution in [1.82, 2.24) is 0 Å². The third kappa shape index (κ3) is 2.69. The van der Waals surface area contributed by atoms with Crippen molar-refractivity contribution in [3.63, 3.8) is 0 Å². The first-order chi connectivity index (χ1) is 6.65. The molecule has 0 spiro atoms. The summed E-state index contributed by atoms with van der Waals surface area (Å²) in [4.78, 5) is 0. The Bertz CT molecular complexity index is 285. The lowest BCUT2D eigenvalue weighted by Gasteiger charge is -2.19. The molecule has 1 aromatic rings. The molecule has 0 aliphatic rings. The van der Waals surface area contributed by atoms with E-state index in [4.69, 9.17) is 0 Å². The van der Waals surface area contributed by atoms with E-state index in [0.29, 0.717) is 11.8 Å². The molecule has 0 saturated heterocycles. The average molecular weight is 192 g/mol. The summed E-state index contributed by atoms with van der Waals surface area (Å²) >= 11 is 0. The number of hydrogen-bond acceptors (Lipinski definition) is 0. The molecule has 0 N–H and O–H groups in total. The van der Waals surface area contributed by atoms with Crippen molar-refractivity contribution in [3.8, 4) is 0 Å². The Kier molecular flexibility index (Phi) is 3.87. The lowest BCUT2D eigenvalue weighted by Crippen LogP contribution is -2.05. The summed E-state index contributed by atoms with van der Waals surface area (Å²) in [6, 6.07) is 6.77. The first-order valence-corrected chi connectivity index (χ1v) is 5.01. The van der Waals surface area contributed by atoms with Gasteiger partial charge in [-0.3, -0.25) is 0 Å². The van der Waals surface area contributed by atoms with Crippen LogP contribution in [0.5, 0.6) is 0 Å². The Balaban J connectivity index is 2.87. The third-order valence-corrected chi connectivity index (χ3v) is 2.52. The Labute approximate surface area is 85.5 Å². The molecule has 0 saturated carbocycles. The van der Waals surface area contributed by atoms with Crippen molar-refractivity contribution in [2.24, 2.45) is 5.92 Å².